The molecule has 1 aromatic rings. The van der Waals surface area contributed by atoms with E-state index >= 15 is 0 Å². The van der Waals surface area contributed by atoms with Crippen LogP contribution in [0.1, 0.15) is 32.3 Å². The lowest BCUT2D eigenvalue weighted by Crippen LogP contribution is -2.34. The maximum Gasteiger partial charge on any atom is 0.131 e. The number of nitrogens with zero attached hydrogens (tertiary/aromatic N) is 2. The van der Waals surface area contributed by atoms with Gasteiger partial charge in [0.25, 0.3) is 0 Å². The fraction of sp³-hybridized carbons (Fsp3) is 0.615. The maximum absolute atomic E-state index is 4.56. The van der Waals surface area contributed by atoms with Crippen LogP contribution in [-0.4, -0.2) is 17.6 Å². The highest BCUT2D eigenvalue weighted by Crippen LogP contribution is 2.33. The molecule has 88 valence electrons. The van der Waals surface area contributed by atoms with E-state index in [0.717, 1.165) is 22.8 Å². The molecule has 1 aromatic heterocycles. The number of halogens is 1. The summed E-state index contributed by atoms with van der Waals surface area (Å²) in [5.41, 5.74) is 1.25. The summed E-state index contributed by atoms with van der Waals surface area (Å²) >= 11 is 3.46. The third-order valence-electron chi connectivity index (χ3n) is 3.06. The Balaban J connectivity index is 2.22. The summed E-state index contributed by atoms with van der Waals surface area (Å²) in [6.07, 6.45) is 4.67. The number of aromatic nitrogens is 1. The van der Waals surface area contributed by atoms with Crippen molar-refractivity contribution in [1.29, 1.82) is 0 Å². The Labute approximate surface area is 106 Å². The van der Waals surface area contributed by atoms with E-state index < -0.39 is 0 Å². The second kappa shape index (κ2) is 4.74. The summed E-state index contributed by atoms with van der Waals surface area (Å²) in [6.45, 7) is 7.78. The summed E-state index contributed by atoms with van der Waals surface area (Å²) in [5, 5.41) is 0. The maximum atomic E-state index is 4.56. The van der Waals surface area contributed by atoms with Gasteiger partial charge in [-0.3, -0.25) is 0 Å². The van der Waals surface area contributed by atoms with Crippen molar-refractivity contribution in [2.45, 2.75) is 39.7 Å². The minimum absolute atomic E-state index is 0.521. The molecule has 1 aliphatic carbocycles. The summed E-state index contributed by atoms with van der Waals surface area (Å²) in [7, 11) is 0. The van der Waals surface area contributed by atoms with Gasteiger partial charge in [-0.2, -0.15) is 0 Å². The Kier molecular flexibility index (Phi) is 3.53. The van der Waals surface area contributed by atoms with E-state index in [0.29, 0.717) is 6.04 Å². The van der Waals surface area contributed by atoms with Crippen LogP contribution in [0.3, 0.4) is 0 Å². The average molecular weight is 283 g/mol. The van der Waals surface area contributed by atoms with E-state index in [-0.39, 0.29) is 0 Å². The highest BCUT2D eigenvalue weighted by Gasteiger charge is 2.26. The van der Waals surface area contributed by atoms with Gasteiger partial charge in [0, 0.05) is 23.3 Å². The average Bonchev–Trinajstić information content (AvgIpc) is 2.98. The van der Waals surface area contributed by atoms with E-state index in [1.807, 2.05) is 6.20 Å². The number of hydrogen-bond donors (Lipinski definition) is 0. The fourth-order valence-corrected chi connectivity index (χ4v) is 2.40. The summed E-state index contributed by atoms with van der Waals surface area (Å²) in [6, 6.07) is 2.66. The van der Waals surface area contributed by atoms with Crippen LogP contribution in [0, 0.1) is 12.8 Å². The van der Waals surface area contributed by atoms with Gasteiger partial charge >= 0.3 is 0 Å². The molecule has 1 saturated carbocycles. The molecule has 16 heavy (non-hydrogen) atoms. The number of anilines is 1. The second-order valence-corrected chi connectivity index (χ2v) is 5.90. The molecular weight excluding hydrogens is 264 g/mol. The Morgan fingerprint density at radius 1 is 1.50 bits per heavy atom. The highest BCUT2D eigenvalue weighted by molar-refractivity contribution is 9.10. The van der Waals surface area contributed by atoms with Crippen molar-refractivity contribution >= 4 is 21.7 Å². The zero-order valence-electron chi connectivity index (χ0n) is 10.2. The van der Waals surface area contributed by atoms with Gasteiger partial charge in [0.1, 0.15) is 5.82 Å². The second-order valence-electron chi connectivity index (χ2n) is 4.98. The zero-order chi connectivity index (χ0) is 11.7. The Hall–Kier alpha value is -0.570. The molecule has 0 amide bonds. The number of hydrogen-bond acceptors (Lipinski definition) is 2. The van der Waals surface area contributed by atoms with Crippen molar-refractivity contribution in [2.75, 3.05) is 11.4 Å². The minimum atomic E-state index is 0.521. The lowest BCUT2D eigenvalue weighted by Gasteiger charge is -2.29. The first-order valence-corrected chi connectivity index (χ1v) is 6.76. The molecule has 1 heterocycles. The molecule has 1 fully saturated rings. The standard InChI is InChI=1S/C13H19BrN2/c1-9(2)16(8-11-4-5-11)13-10(3)6-12(14)7-15-13/h6-7,9,11H,4-5,8H2,1-3H3. The van der Waals surface area contributed by atoms with E-state index in [1.54, 1.807) is 0 Å². The Bertz CT molecular complexity index is 372. The first-order chi connectivity index (χ1) is 7.58. The quantitative estimate of drug-likeness (QED) is 0.836. The molecule has 0 aliphatic heterocycles. The molecule has 0 atom stereocenters. The highest BCUT2D eigenvalue weighted by atomic mass is 79.9. The van der Waals surface area contributed by atoms with Crippen LogP contribution < -0.4 is 4.90 Å². The van der Waals surface area contributed by atoms with Crippen molar-refractivity contribution < 1.29 is 0 Å². The minimum Gasteiger partial charge on any atom is -0.354 e. The summed E-state index contributed by atoms with van der Waals surface area (Å²) < 4.78 is 1.06. The third-order valence-corrected chi connectivity index (χ3v) is 3.50. The van der Waals surface area contributed by atoms with Gasteiger partial charge < -0.3 is 4.90 Å². The van der Waals surface area contributed by atoms with Crippen LogP contribution in [0.15, 0.2) is 16.7 Å². The van der Waals surface area contributed by atoms with E-state index in [9.17, 15) is 0 Å². The molecule has 1 aliphatic rings. The Morgan fingerprint density at radius 3 is 2.69 bits per heavy atom. The summed E-state index contributed by atoms with van der Waals surface area (Å²) in [5.74, 6) is 2.04. The normalized spacial score (nSPS) is 15.6. The zero-order valence-corrected chi connectivity index (χ0v) is 11.8. The molecule has 3 heteroatoms. The molecular formula is C13H19BrN2. The number of rotatable bonds is 4. The number of pyridine rings is 1. The van der Waals surface area contributed by atoms with E-state index in [2.05, 4.69) is 52.7 Å². The molecule has 0 unspecified atom stereocenters. The van der Waals surface area contributed by atoms with Gasteiger partial charge in [0.2, 0.25) is 0 Å². The topological polar surface area (TPSA) is 16.1 Å². The van der Waals surface area contributed by atoms with Crippen molar-refractivity contribution in [3.8, 4) is 0 Å². The van der Waals surface area contributed by atoms with Crippen molar-refractivity contribution in [3.05, 3.63) is 22.3 Å². The molecule has 2 rings (SSSR count). The van der Waals surface area contributed by atoms with Crippen LogP contribution in [0.2, 0.25) is 0 Å². The van der Waals surface area contributed by atoms with Crippen LogP contribution in [0.5, 0.6) is 0 Å². The van der Waals surface area contributed by atoms with Crippen LogP contribution >= 0.6 is 15.9 Å². The predicted molar refractivity (Wildman–Crippen MR) is 71.9 cm³/mol. The van der Waals surface area contributed by atoms with Crippen LogP contribution in [0.25, 0.3) is 0 Å². The lowest BCUT2D eigenvalue weighted by atomic mass is 10.2. The third kappa shape index (κ3) is 2.76. The van der Waals surface area contributed by atoms with Gasteiger partial charge in [-0.15, -0.1) is 0 Å². The SMILES string of the molecule is Cc1cc(Br)cnc1N(CC1CC1)C(C)C. The Morgan fingerprint density at radius 2 is 2.19 bits per heavy atom. The van der Waals surface area contributed by atoms with Crippen molar-refractivity contribution in [3.63, 3.8) is 0 Å². The van der Waals surface area contributed by atoms with E-state index in [1.165, 1.54) is 18.4 Å². The van der Waals surface area contributed by atoms with Gasteiger partial charge in [0.05, 0.1) is 0 Å². The molecule has 0 radical (unpaired) electrons. The van der Waals surface area contributed by atoms with Crippen molar-refractivity contribution in [2.24, 2.45) is 5.92 Å². The van der Waals surface area contributed by atoms with E-state index in [4.69, 9.17) is 0 Å². The van der Waals surface area contributed by atoms with Gasteiger partial charge in [-0.05, 0) is 67.1 Å². The summed E-state index contributed by atoms with van der Waals surface area (Å²) in [4.78, 5) is 6.99. The monoisotopic (exact) mass is 282 g/mol. The van der Waals surface area contributed by atoms with Crippen LogP contribution in [0.4, 0.5) is 5.82 Å². The lowest BCUT2D eigenvalue weighted by molar-refractivity contribution is 0.635. The van der Waals surface area contributed by atoms with Gasteiger partial charge in [0.15, 0.2) is 0 Å². The predicted octanol–water partition coefficient (Wildman–Crippen LogP) is 3.78. The van der Waals surface area contributed by atoms with Gasteiger partial charge in [-0.25, -0.2) is 4.98 Å². The molecule has 0 aromatic carbocycles. The number of aryl methyl sites for hydroxylation is 1. The first-order valence-electron chi connectivity index (χ1n) is 5.96. The first kappa shape index (κ1) is 11.9. The smallest absolute Gasteiger partial charge is 0.131 e. The molecule has 2 nitrogen and oxygen atoms in total. The van der Waals surface area contributed by atoms with Crippen LogP contribution in [-0.2, 0) is 0 Å². The molecule has 0 spiro atoms. The largest absolute Gasteiger partial charge is 0.354 e. The van der Waals surface area contributed by atoms with Gasteiger partial charge in [-0.1, -0.05) is 0 Å². The fourth-order valence-electron chi connectivity index (χ4n) is 1.95. The molecule has 0 bridgehead atoms. The van der Waals surface area contributed by atoms with Crippen molar-refractivity contribution in [1.82, 2.24) is 4.98 Å². The molecule has 0 saturated heterocycles. The molecule has 0 N–H and O–H groups in total.